The van der Waals surface area contributed by atoms with Crippen molar-refractivity contribution in [2.75, 3.05) is 0 Å². The van der Waals surface area contributed by atoms with E-state index in [9.17, 15) is 0 Å². The summed E-state index contributed by atoms with van der Waals surface area (Å²) in [5.41, 5.74) is 11.4. The maximum absolute atomic E-state index is 5.47. The first-order valence-corrected chi connectivity index (χ1v) is 16.9. The van der Waals surface area contributed by atoms with Crippen molar-refractivity contribution in [3.05, 3.63) is 151 Å². The third-order valence-corrected chi connectivity index (χ3v) is 11.2. The van der Waals surface area contributed by atoms with Crippen LogP contribution in [0.3, 0.4) is 0 Å². The van der Waals surface area contributed by atoms with E-state index >= 15 is 0 Å². The quantitative estimate of drug-likeness (QED) is 0.197. The van der Waals surface area contributed by atoms with Gasteiger partial charge in [0.1, 0.15) is 0 Å². The van der Waals surface area contributed by atoms with Crippen molar-refractivity contribution in [2.24, 2.45) is 0 Å². The number of rotatable bonds is 3. The van der Waals surface area contributed by atoms with Gasteiger partial charge < -0.3 is 0 Å². The highest BCUT2D eigenvalue weighted by Crippen LogP contribution is 2.53. The minimum atomic E-state index is -0.194. The van der Waals surface area contributed by atoms with Crippen LogP contribution in [0.25, 0.3) is 81.6 Å². The van der Waals surface area contributed by atoms with E-state index in [2.05, 4.69) is 158 Å². The zero-order valence-electron chi connectivity index (χ0n) is 26.0. The lowest BCUT2D eigenvalue weighted by Crippen LogP contribution is -2.17. The number of fused-ring (bicyclic) bond motifs is 10. The summed E-state index contributed by atoms with van der Waals surface area (Å²) in [6, 6.07) is 50.1. The lowest BCUT2D eigenvalue weighted by molar-refractivity contribution is 0.663. The normalized spacial score (nSPS) is 13.5. The Bertz CT molecular complexity index is 2710. The van der Waals surface area contributed by atoms with Gasteiger partial charge in [0.15, 0.2) is 0 Å². The van der Waals surface area contributed by atoms with Crippen LogP contribution in [0.2, 0.25) is 0 Å². The summed E-state index contributed by atoms with van der Waals surface area (Å²) >= 11 is 1.84. The van der Waals surface area contributed by atoms with Crippen LogP contribution < -0.4 is 0 Å². The summed E-state index contributed by atoms with van der Waals surface area (Å²) < 4.78 is 4.86. The number of benzene rings is 6. The van der Waals surface area contributed by atoms with Gasteiger partial charge in [0, 0.05) is 47.5 Å². The Morgan fingerprint density at radius 2 is 1.26 bits per heavy atom. The summed E-state index contributed by atoms with van der Waals surface area (Å²) in [6.45, 7) is 4.71. The van der Waals surface area contributed by atoms with Crippen LogP contribution in [0.1, 0.15) is 25.0 Å². The van der Waals surface area contributed by atoms with Crippen LogP contribution in [0, 0.1) is 0 Å². The molecule has 6 aromatic carbocycles. The van der Waals surface area contributed by atoms with Crippen molar-refractivity contribution in [3.63, 3.8) is 0 Å². The number of aromatic nitrogens is 3. The minimum absolute atomic E-state index is 0.194. The molecule has 0 bridgehead atoms. The molecule has 9 aromatic rings. The van der Waals surface area contributed by atoms with E-state index in [1.807, 2.05) is 11.3 Å². The molecule has 0 amide bonds. The average molecular weight is 620 g/mol. The van der Waals surface area contributed by atoms with E-state index in [-0.39, 0.29) is 5.41 Å². The average Bonchev–Trinajstić information content (AvgIpc) is 3.74. The van der Waals surface area contributed by atoms with Crippen molar-refractivity contribution >= 4 is 53.3 Å². The molecule has 0 radical (unpaired) electrons. The van der Waals surface area contributed by atoms with Crippen LogP contribution in [0.15, 0.2) is 140 Å². The fraction of sp³-hybridized carbons (Fsp3) is 0.0698. The zero-order chi connectivity index (χ0) is 31.3. The predicted octanol–water partition coefficient (Wildman–Crippen LogP) is 11.6. The van der Waals surface area contributed by atoms with Gasteiger partial charge in [-0.25, -0.2) is 9.97 Å². The second-order valence-corrected chi connectivity index (χ2v) is 14.0. The molecule has 0 unspecified atom stereocenters. The Balaban J connectivity index is 1.33. The van der Waals surface area contributed by atoms with Crippen LogP contribution in [-0.2, 0) is 5.41 Å². The predicted molar refractivity (Wildman–Crippen MR) is 198 cm³/mol. The van der Waals surface area contributed by atoms with Gasteiger partial charge in [0.05, 0.1) is 22.4 Å². The molecule has 47 heavy (non-hydrogen) atoms. The SMILES string of the molecule is CC1(C)c2ccccc2-c2ccc3c4ccccc4n(-c4nc(-c5ccccc5)cc(-c5cccc6c5sc5ccccc56)n4)c3c21. The van der Waals surface area contributed by atoms with Crippen LogP contribution in [0.5, 0.6) is 0 Å². The monoisotopic (exact) mass is 619 g/mol. The first-order valence-electron chi connectivity index (χ1n) is 16.1. The largest absolute Gasteiger partial charge is 0.278 e. The fourth-order valence-electron chi connectivity index (χ4n) is 7.90. The van der Waals surface area contributed by atoms with Crippen molar-refractivity contribution < 1.29 is 0 Å². The van der Waals surface area contributed by atoms with Crippen LogP contribution in [0.4, 0.5) is 0 Å². The summed E-state index contributed by atoms with van der Waals surface area (Å²) in [6.07, 6.45) is 0. The minimum Gasteiger partial charge on any atom is -0.278 e. The first kappa shape index (κ1) is 26.6. The molecule has 4 heteroatoms. The molecule has 0 saturated carbocycles. The zero-order valence-corrected chi connectivity index (χ0v) is 26.8. The number of hydrogen-bond donors (Lipinski definition) is 0. The van der Waals surface area contributed by atoms with Crippen LogP contribution in [-0.4, -0.2) is 14.5 Å². The maximum atomic E-state index is 5.47. The van der Waals surface area contributed by atoms with Gasteiger partial charge >= 0.3 is 0 Å². The molecule has 3 aromatic heterocycles. The molecule has 1 aliphatic carbocycles. The number of thiophene rings is 1. The van der Waals surface area contributed by atoms with Crippen molar-refractivity contribution in [3.8, 4) is 39.6 Å². The highest BCUT2D eigenvalue weighted by molar-refractivity contribution is 7.26. The van der Waals surface area contributed by atoms with Crippen molar-refractivity contribution in [1.29, 1.82) is 0 Å². The lowest BCUT2D eigenvalue weighted by atomic mass is 9.81. The van der Waals surface area contributed by atoms with E-state index < -0.39 is 0 Å². The number of nitrogens with zero attached hydrogens (tertiary/aromatic N) is 3. The van der Waals surface area contributed by atoms with Crippen molar-refractivity contribution in [2.45, 2.75) is 19.3 Å². The highest BCUT2D eigenvalue weighted by atomic mass is 32.1. The molecule has 0 spiro atoms. The molecule has 0 N–H and O–H groups in total. The molecule has 0 atom stereocenters. The van der Waals surface area contributed by atoms with Gasteiger partial charge in [-0.05, 0) is 40.5 Å². The summed E-state index contributed by atoms with van der Waals surface area (Å²) in [4.78, 5) is 10.8. The molecule has 0 saturated heterocycles. The molecule has 0 aliphatic heterocycles. The lowest BCUT2D eigenvalue weighted by Gasteiger charge is -2.23. The molecular weight excluding hydrogens is 591 g/mol. The Labute approximate surface area is 276 Å². The van der Waals surface area contributed by atoms with E-state index in [0.29, 0.717) is 5.95 Å². The van der Waals surface area contributed by atoms with E-state index in [4.69, 9.17) is 9.97 Å². The number of para-hydroxylation sites is 1. The van der Waals surface area contributed by atoms with Crippen LogP contribution >= 0.6 is 11.3 Å². The molecule has 222 valence electrons. The molecular formula is C43H29N3S. The van der Waals surface area contributed by atoms with Gasteiger partial charge in [0.2, 0.25) is 5.95 Å². The van der Waals surface area contributed by atoms with E-state index in [1.54, 1.807) is 0 Å². The molecule has 1 aliphatic rings. The maximum Gasteiger partial charge on any atom is 0.235 e. The first-order chi connectivity index (χ1) is 23.1. The van der Waals surface area contributed by atoms with Gasteiger partial charge in [-0.15, -0.1) is 11.3 Å². The molecule has 3 heterocycles. The second-order valence-electron chi connectivity index (χ2n) is 13.0. The molecule has 0 fully saturated rings. The Hall–Kier alpha value is -5.58. The summed E-state index contributed by atoms with van der Waals surface area (Å²) in [5, 5.41) is 4.98. The fourth-order valence-corrected chi connectivity index (χ4v) is 9.12. The topological polar surface area (TPSA) is 30.7 Å². The summed E-state index contributed by atoms with van der Waals surface area (Å²) in [7, 11) is 0. The van der Waals surface area contributed by atoms with E-state index in [1.165, 1.54) is 58.7 Å². The third-order valence-electron chi connectivity index (χ3n) is 10.0. The van der Waals surface area contributed by atoms with Gasteiger partial charge in [-0.3, -0.25) is 4.57 Å². The standard InChI is InChI=1S/C43H29N3S/c1-43(2)34-20-9-6-15-27(34)30-23-24-31-28-16-7-10-21-37(28)46(40(31)39(30)43)42-44-35(26-13-4-3-5-14-26)25-36(45-42)33-19-12-18-32-29-17-8-11-22-38(29)47-41(32)33/h3-25H,1-2H3. The summed E-state index contributed by atoms with van der Waals surface area (Å²) in [5.74, 6) is 0.686. The Kier molecular flexibility index (Phi) is 5.50. The van der Waals surface area contributed by atoms with Crippen molar-refractivity contribution in [1.82, 2.24) is 14.5 Å². The highest BCUT2D eigenvalue weighted by Gasteiger charge is 2.38. The smallest absolute Gasteiger partial charge is 0.235 e. The molecule has 3 nitrogen and oxygen atoms in total. The second kappa shape index (κ2) is 9.71. The van der Waals surface area contributed by atoms with E-state index in [0.717, 1.165) is 28.0 Å². The van der Waals surface area contributed by atoms with Gasteiger partial charge in [0.25, 0.3) is 0 Å². The van der Waals surface area contributed by atoms with Gasteiger partial charge in [-0.2, -0.15) is 0 Å². The van der Waals surface area contributed by atoms with Gasteiger partial charge in [-0.1, -0.05) is 135 Å². The number of hydrogen-bond acceptors (Lipinski definition) is 3. The Morgan fingerprint density at radius 3 is 2.15 bits per heavy atom. The Morgan fingerprint density at radius 1 is 0.553 bits per heavy atom. The third kappa shape index (κ3) is 3.73. The molecule has 10 rings (SSSR count).